The van der Waals surface area contributed by atoms with Crippen LogP contribution in [0.4, 0.5) is 4.39 Å². The molecule has 1 N–H and O–H groups in total. The molecule has 4 aromatic heterocycles. The number of aromatic amines is 1. The van der Waals surface area contributed by atoms with Crippen LogP contribution in [0.25, 0.3) is 28.1 Å². The monoisotopic (exact) mass is 914 g/mol. The first-order chi connectivity index (χ1) is 31.5. The topological polar surface area (TPSA) is 155 Å². The number of hydrogen-bond acceptors (Lipinski definition) is 8. The Morgan fingerprint density at radius 1 is 0.939 bits per heavy atom. The zero-order valence-corrected chi connectivity index (χ0v) is 39.6. The number of carbonyl (C=O) groups is 1. The Labute approximate surface area is 381 Å². The molecular formula is C50H56FN8O6P. The summed E-state index contributed by atoms with van der Waals surface area (Å²) in [5.41, 5.74) is 4.47. The molecule has 0 unspecified atom stereocenters. The molecule has 0 bridgehead atoms. The molecule has 2 fully saturated rings. The van der Waals surface area contributed by atoms with Gasteiger partial charge in [0.1, 0.15) is 30.0 Å². The number of nitrogens with zero attached hydrogens (tertiary/aromatic N) is 7. The molecule has 14 nitrogen and oxygen atoms in total. The van der Waals surface area contributed by atoms with Crippen molar-refractivity contribution in [3.05, 3.63) is 139 Å². The van der Waals surface area contributed by atoms with Crippen LogP contribution in [0, 0.1) is 25.6 Å². The zero-order chi connectivity index (χ0) is 46.6. The van der Waals surface area contributed by atoms with Gasteiger partial charge in [0.05, 0.1) is 28.7 Å². The molecule has 3 aliphatic rings. The Morgan fingerprint density at radius 2 is 1.64 bits per heavy atom. The second-order valence-electron chi connectivity index (χ2n) is 19.2. The van der Waals surface area contributed by atoms with E-state index in [1.807, 2.05) is 60.6 Å². The first kappa shape index (κ1) is 43.8. The molecule has 66 heavy (non-hydrogen) atoms. The van der Waals surface area contributed by atoms with Gasteiger partial charge in [0, 0.05) is 66.1 Å². The van der Waals surface area contributed by atoms with Gasteiger partial charge in [-0.05, 0) is 137 Å². The van der Waals surface area contributed by atoms with E-state index in [0.717, 1.165) is 34.7 Å². The maximum absolute atomic E-state index is 15.6. The van der Waals surface area contributed by atoms with Gasteiger partial charge in [-0.25, -0.2) is 18.7 Å². The smallest absolute Gasteiger partial charge is 0.376 e. The summed E-state index contributed by atoms with van der Waals surface area (Å²) in [6.07, 6.45) is 7.26. The van der Waals surface area contributed by atoms with Crippen molar-refractivity contribution in [3.63, 3.8) is 0 Å². The molecule has 7 aromatic rings. The normalized spacial score (nSPS) is 21.7. The predicted molar refractivity (Wildman–Crippen MR) is 251 cm³/mol. The van der Waals surface area contributed by atoms with Gasteiger partial charge in [-0.3, -0.25) is 23.4 Å². The van der Waals surface area contributed by atoms with Crippen molar-refractivity contribution in [2.75, 3.05) is 25.5 Å². The van der Waals surface area contributed by atoms with E-state index in [4.69, 9.17) is 14.4 Å². The molecular weight excluding hydrogens is 859 g/mol. The molecule has 1 saturated carbocycles. The molecule has 3 aromatic carbocycles. The number of carbonyl (C=O) groups excluding carboxylic acids is 1. The highest BCUT2D eigenvalue weighted by Crippen LogP contribution is 2.56. The number of imidazole rings is 1. The van der Waals surface area contributed by atoms with Crippen LogP contribution in [0.1, 0.15) is 117 Å². The molecule has 344 valence electrons. The average molecular weight is 915 g/mol. The van der Waals surface area contributed by atoms with Crippen LogP contribution in [0.15, 0.2) is 87.2 Å². The van der Waals surface area contributed by atoms with E-state index >= 15 is 9.18 Å². The lowest BCUT2D eigenvalue weighted by molar-refractivity contribution is -0.0592. The van der Waals surface area contributed by atoms with E-state index in [9.17, 15) is 14.2 Å². The Morgan fingerprint density at radius 3 is 2.27 bits per heavy atom. The molecule has 0 radical (unpaired) electrons. The van der Waals surface area contributed by atoms with E-state index < -0.39 is 24.5 Å². The summed E-state index contributed by atoms with van der Waals surface area (Å²) < 4.78 is 46.6. The number of rotatable bonds is 10. The van der Waals surface area contributed by atoms with E-state index in [1.54, 1.807) is 47.6 Å². The highest BCUT2D eigenvalue weighted by molar-refractivity contribution is 7.71. The van der Waals surface area contributed by atoms with Crippen LogP contribution in [0.5, 0.6) is 0 Å². The minimum absolute atomic E-state index is 0.0177. The van der Waals surface area contributed by atoms with Gasteiger partial charge in [0.25, 0.3) is 5.91 Å². The van der Waals surface area contributed by atoms with Crippen LogP contribution in [0.3, 0.4) is 0 Å². The van der Waals surface area contributed by atoms with E-state index in [2.05, 4.69) is 49.1 Å². The van der Waals surface area contributed by atoms with Crippen LogP contribution < -0.4 is 16.8 Å². The number of nitrogens with one attached hydrogen (secondary N) is 1. The van der Waals surface area contributed by atoms with E-state index in [-0.39, 0.29) is 34.9 Å². The van der Waals surface area contributed by atoms with Crippen molar-refractivity contribution in [1.29, 1.82) is 0 Å². The number of H-pyrrole nitrogens is 1. The minimum atomic E-state index is -2.54. The van der Waals surface area contributed by atoms with Crippen molar-refractivity contribution in [2.45, 2.75) is 104 Å². The first-order valence-electron chi connectivity index (χ1n) is 23.0. The molecule has 1 aliphatic carbocycles. The standard InChI is InChI=1S/C50H56FN8O6P/c1-9-66(63,10-2)38-14-12-36(13-15-38)56-20-21-57(48(56)62)44-42-32(6)55(19-17-39(42)53-59(44)37-23-29(3)43(51)30(4)24-37)45(60)41-26-35-25-33(34-18-22-64-49(7,8)28-34)11-16-40(35)58(41)50(27-31(50)5)46-52-47(61)65-54-46/h11-16,20-21,23-26,31-32,34H,9-10,17-19,22,27-28H2,1-8H3,(H,52,54,61)/t31-,32-,34-,50-/m0/s1. The average Bonchev–Trinajstić information content (AvgIpc) is 3.80. The Bertz CT molecular complexity index is 3210. The summed E-state index contributed by atoms with van der Waals surface area (Å²) in [5.74, 6) is -0.0948. The summed E-state index contributed by atoms with van der Waals surface area (Å²) in [6, 6.07) is 18.5. The minimum Gasteiger partial charge on any atom is -0.376 e. The third kappa shape index (κ3) is 6.91. The van der Waals surface area contributed by atoms with Crippen molar-refractivity contribution in [1.82, 2.24) is 38.5 Å². The Kier molecular flexibility index (Phi) is 10.5. The second kappa shape index (κ2) is 15.8. The van der Waals surface area contributed by atoms with Gasteiger partial charge in [0.15, 0.2) is 5.82 Å². The second-order valence-corrected chi connectivity index (χ2v) is 22.8. The molecule has 10 rings (SSSR count). The van der Waals surface area contributed by atoms with E-state index in [1.165, 1.54) is 10.1 Å². The Balaban J connectivity index is 1.10. The summed E-state index contributed by atoms with van der Waals surface area (Å²) in [4.78, 5) is 47.4. The molecule has 16 heteroatoms. The number of hydrogen-bond donors (Lipinski definition) is 1. The number of amides is 1. The van der Waals surface area contributed by atoms with Crippen molar-refractivity contribution < 1.29 is 23.0 Å². The van der Waals surface area contributed by atoms with Gasteiger partial charge in [-0.2, -0.15) is 5.10 Å². The third-order valence-corrected chi connectivity index (χ3v) is 18.0. The van der Waals surface area contributed by atoms with Crippen molar-refractivity contribution >= 4 is 29.3 Å². The molecule has 1 amide bonds. The fourth-order valence-electron chi connectivity index (χ4n) is 10.9. The first-order valence-corrected chi connectivity index (χ1v) is 25.1. The number of benzene rings is 3. The lowest BCUT2D eigenvalue weighted by atomic mass is 9.83. The molecule has 2 aliphatic heterocycles. The summed E-state index contributed by atoms with van der Waals surface area (Å²) in [5, 5.41) is 11.0. The molecule has 6 heterocycles. The summed E-state index contributed by atoms with van der Waals surface area (Å²) >= 11 is 0. The van der Waals surface area contributed by atoms with Gasteiger partial charge in [-0.1, -0.05) is 32.0 Å². The van der Waals surface area contributed by atoms with Gasteiger partial charge in [-0.15, -0.1) is 0 Å². The SMILES string of the molecule is CCP(=O)(CC)c1ccc(-n2ccn(-c3c4c(nn3-c3cc(C)c(F)c(C)c3)CCN(C(=O)c3cc5cc([C@H]6CCOC(C)(C)C6)ccc5n3[C@@]3(c5noc(=O)[nH]5)C[C@@H]3C)[C@H]4C)c2=O)cc1. The predicted octanol–water partition coefficient (Wildman–Crippen LogP) is 8.44. The molecule has 0 spiro atoms. The zero-order valence-electron chi connectivity index (χ0n) is 38.7. The molecule has 1 saturated heterocycles. The van der Waals surface area contributed by atoms with Gasteiger partial charge < -0.3 is 18.8 Å². The maximum Gasteiger partial charge on any atom is 0.438 e. The van der Waals surface area contributed by atoms with Gasteiger partial charge in [0.2, 0.25) is 0 Å². The lowest BCUT2D eigenvalue weighted by Gasteiger charge is -2.35. The highest BCUT2D eigenvalue weighted by Gasteiger charge is 2.59. The van der Waals surface area contributed by atoms with Crippen LogP contribution in [-0.4, -0.2) is 75.5 Å². The van der Waals surface area contributed by atoms with Gasteiger partial charge >= 0.3 is 11.4 Å². The quantitative estimate of drug-likeness (QED) is 0.134. The lowest BCUT2D eigenvalue weighted by Crippen LogP contribution is -2.41. The maximum atomic E-state index is 15.6. The Hall–Kier alpha value is -6.05. The third-order valence-electron chi connectivity index (χ3n) is 14.7. The largest absolute Gasteiger partial charge is 0.438 e. The fourth-order valence-corrected chi connectivity index (χ4v) is 12.8. The molecule has 4 atom stereocenters. The summed E-state index contributed by atoms with van der Waals surface area (Å²) in [7, 11) is -2.54. The highest BCUT2D eigenvalue weighted by atomic mass is 31.2. The number of fused-ring (bicyclic) bond motifs is 2. The number of aromatic nitrogens is 7. The summed E-state index contributed by atoms with van der Waals surface area (Å²) in [6.45, 7) is 16.5. The van der Waals surface area contributed by atoms with Crippen LogP contribution >= 0.6 is 7.14 Å². The van der Waals surface area contributed by atoms with Crippen molar-refractivity contribution in [3.8, 4) is 17.2 Å². The van der Waals surface area contributed by atoms with Crippen LogP contribution in [-0.2, 0) is 21.3 Å². The number of aryl methyl sites for hydroxylation is 2. The van der Waals surface area contributed by atoms with E-state index in [0.29, 0.717) is 83.7 Å². The van der Waals surface area contributed by atoms with Crippen molar-refractivity contribution in [2.24, 2.45) is 5.92 Å². The number of halogens is 1. The fraction of sp³-hybridized carbons (Fsp3) is 0.420. The van der Waals surface area contributed by atoms with Crippen LogP contribution in [0.2, 0.25) is 0 Å². The number of ether oxygens (including phenoxy) is 1.